The van der Waals surface area contributed by atoms with Gasteiger partial charge in [0.1, 0.15) is 0 Å². The Balaban J connectivity index is 3.55. The van der Waals surface area contributed by atoms with Gasteiger partial charge in [-0.1, -0.05) is 0 Å². The summed E-state index contributed by atoms with van der Waals surface area (Å²) >= 11 is 0. The molecule has 0 spiro atoms. The summed E-state index contributed by atoms with van der Waals surface area (Å²) in [6, 6.07) is 0. The van der Waals surface area contributed by atoms with E-state index in [4.69, 9.17) is 18.9 Å². The second-order valence-electron chi connectivity index (χ2n) is 3.56. The zero-order chi connectivity index (χ0) is 11.5. The van der Waals surface area contributed by atoms with E-state index in [1.54, 1.807) is 28.4 Å². The molecule has 0 aliphatic heterocycles. The van der Waals surface area contributed by atoms with Crippen molar-refractivity contribution in [1.29, 1.82) is 0 Å². The molecule has 0 amide bonds. The fourth-order valence-corrected chi connectivity index (χ4v) is 1.48. The Morgan fingerprint density at radius 3 is 1.40 bits per heavy atom. The molecule has 4 nitrogen and oxygen atoms in total. The first-order valence-corrected chi connectivity index (χ1v) is 5.31. The maximum atomic E-state index is 5.27. The van der Waals surface area contributed by atoms with Crippen molar-refractivity contribution in [2.24, 2.45) is 0 Å². The standard InChI is InChI=1S/C11H24O4/c1-12-8-10(14-3)6-5-7-11(15-4)9-13-2/h10-11H,5-9H2,1-4H3. The van der Waals surface area contributed by atoms with Crippen molar-refractivity contribution in [3.8, 4) is 0 Å². The van der Waals surface area contributed by atoms with E-state index in [0.29, 0.717) is 13.2 Å². The summed E-state index contributed by atoms with van der Waals surface area (Å²) in [6.45, 7) is 1.30. The fourth-order valence-electron chi connectivity index (χ4n) is 1.48. The van der Waals surface area contributed by atoms with Gasteiger partial charge < -0.3 is 18.9 Å². The molecule has 0 radical (unpaired) electrons. The molecule has 0 aromatic carbocycles. The summed E-state index contributed by atoms with van der Waals surface area (Å²) in [6.07, 6.45) is 3.43. The minimum absolute atomic E-state index is 0.190. The summed E-state index contributed by atoms with van der Waals surface area (Å²) < 4.78 is 20.6. The van der Waals surface area contributed by atoms with E-state index in [1.807, 2.05) is 0 Å². The van der Waals surface area contributed by atoms with Crippen LogP contribution in [0, 0.1) is 0 Å². The lowest BCUT2D eigenvalue weighted by Crippen LogP contribution is -2.20. The van der Waals surface area contributed by atoms with Gasteiger partial charge in [0.2, 0.25) is 0 Å². The molecule has 0 aromatic rings. The first-order valence-electron chi connectivity index (χ1n) is 5.31. The number of ether oxygens (including phenoxy) is 4. The SMILES string of the molecule is COCC(CCCC(COC)OC)OC. The van der Waals surface area contributed by atoms with Gasteiger partial charge in [-0.3, -0.25) is 0 Å². The number of methoxy groups -OCH3 is 4. The van der Waals surface area contributed by atoms with Crippen LogP contribution in [-0.4, -0.2) is 53.9 Å². The van der Waals surface area contributed by atoms with Gasteiger partial charge in [0.15, 0.2) is 0 Å². The predicted octanol–water partition coefficient (Wildman–Crippen LogP) is 1.48. The smallest absolute Gasteiger partial charge is 0.0804 e. The van der Waals surface area contributed by atoms with E-state index in [9.17, 15) is 0 Å². The first kappa shape index (κ1) is 14.8. The molecule has 0 aliphatic carbocycles. The lowest BCUT2D eigenvalue weighted by Gasteiger charge is -2.17. The minimum atomic E-state index is 0.190. The molecule has 0 saturated heterocycles. The molecule has 0 fully saturated rings. The second-order valence-corrected chi connectivity index (χ2v) is 3.56. The van der Waals surface area contributed by atoms with Crippen LogP contribution in [0.4, 0.5) is 0 Å². The van der Waals surface area contributed by atoms with Crippen LogP contribution in [0.5, 0.6) is 0 Å². The molecule has 92 valence electrons. The van der Waals surface area contributed by atoms with Crippen molar-refractivity contribution in [2.45, 2.75) is 31.5 Å². The van der Waals surface area contributed by atoms with Gasteiger partial charge in [-0.05, 0) is 19.3 Å². The average molecular weight is 220 g/mol. The molecule has 0 aromatic heterocycles. The van der Waals surface area contributed by atoms with Crippen molar-refractivity contribution in [3.05, 3.63) is 0 Å². The highest BCUT2D eigenvalue weighted by atomic mass is 16.5. The van der Waals surface area contributed by atoms with Crippen LogP contribution in [0.2, 0.25) is 0 Å². The maximum Gasteiger partial charge on any atom is 0.0804 e. The molecule has 4 heteroatoms. The zero-order valence-corrected chi connectivity index (χ0v) is 10.3. The van der Waals surface area contributed by atoms with Gasteiger partial charge in [-0.15, -0.1) is 0 Å². The van der Waals surface area contributed by atoms with E-state index < -0.39 is 0 Å². The van der Waals surface area contributed by atoms with Crippen LogP contribution in [0.15, 0.2) is 0 Å². The lowest BCUT2D eigenvalue weighted by atomic mass is 10.1. The second kappa shape index (κ2) is 10.4. The van der Waals surface area contributed by atoms with Gasteiger partial charge in [0.05, 0.1) is 25.4 Å². The Hall–Kier alpha value is -0.160. The van der Waals surface area contributed by atoms with E-state index in [-0.39, 0.29) is 12.2 Å². The monoisotopic (exact) mass is 220 g/mol. The topological polar surface area (TPSA) is 36.9 Å². The lowest BCUT2D eigenvalue weighted by molar-refractivity contribution is 0.00593. The molecular weight excluding hydrogens is 196 g/mol. The summed E-state index contributed by atoms with van der Waals surface area (Å²) in [4.78, 5) is 0. The Kier molecular flexibility index (Phi) is 10.3. The Morgan fingerprint density at radius 2 is 1.13 bits per heavy atom. The van der Waals surface area contributed by atoms with Crippen LogP contribution in [0.25, 0.3) is 0 Å². The Morgan fingerprint density at radius 1 is 0.733 bits per heavy atom. The van der Waals surface area contributed by atoms with Gasteiger partial charge >= 0.3 is 0 Å². The summed E-state index contributed by atoms with van der Waals surface area (Å²) in [5.74, 6) is 0. The number of hydrogen-bond acceptors (Lipinski definition) is 4. The largest absolute Gasteiger partial charge is 0.382 e. The van der Waals surface area contributed by atoms with Crippen LogP contribution >= 0.6 is 0 Å². The van der Waals surface area contributed by atoms with Gasteiger partial charge in [-0.2, -0.15) is 0 Å². The molecule has 0 N–H and O–H groups in total. The van der Waals surface area contributed by atoms with Crippen LogP contribution in [-0.2, 0) is 18.9 Å². The normalized spacial score (nSPS) is 15.2. The summed E-state index contributed by atoms with van der Waals surface area (Å²) in [7, 11) is 6.81. The molecule has 0 heterocycles. The van der Waals surface area contributed by atoms with Crippen molar-refractivity contribution in [1.82, 2.24) is 0 Å². The van der Waals surface area contributed by atoms with E-state index in [0.717, 1.165) is 19.3 Å². The molecule has 0 aliphatic rings. The third-order valence-corrected chi connectivity index (χ3v) is 2.42. The highest BCUT2D eigenvalue weighted by molar-refractivity contribution is 4.61. The Labute approximate surface area is 92.8 Å². The van der Waals surface area contributed by atoms with Gasteiger partial charge in [0.25, 0.3) is 0 Å². The molecular formula is C11H24O4. The maximum absolute atomic E-state index is 5.27. The first-order chi connectivity index (χ1) is 7.28. The predicted molar refractivity (Wildman–Crippen MR) is 59.2 cm³/mol. The molecule has 15 heavy (non-hydrogen) atoms. The minimum Gasteiger partial charge on any atom is -0.382 e. The highest BCUT2D eigenvalue weighted by Gasteiger charge is 2.10. The van der Waals surface area contributed by atoms with Gasteiger partial charge in [0, 0.05) is 28.4 Å². The summed E-state index contributed by atoms with van der Waals surface area (Å²) in [5, 5.41) is 0. The highest BCUT2D eigenvalue weighted by Crippen LogP contribution is 2.09. The van der Waals surface area contributed by atoms with Crippen LogP contribution in [0.3, 0.4) is 0 Å². The zero-order valence-electron chi connectivity index (χ0n) is 10.3. The average Bonchev–Trinajstić information content (AvgIpc) is 2.26. The van der Waals surface area contributed by atoms with Crippen molar-refractivity contribution >= 4 is 0 Å². The third kappa shape index (κ3) is 7.73. The Bertz CT molecular complexity index is 116. The van der Waals surface area contributed by atoms with Crippen molar-refractivity contribution in [2.75, 3.05) is 41.7 Å². The van der Waals surface area contributed by atoms with Crippen molar-refractivity contribution in [3.63, 3.8) is 0 Å². The quantitative estimate of drug-likeness (QED) is 0.559. The molecule has 0 rings (SSSR count). The summed E-state index contributed by atoms with van der Waals surface area (Å²) in [5.41, 5.74) is 0. The van der Waals surface area contributed by atoms with Crippen LogP contribution < -0.4 is 0 Å². The van der Waals surface area contributed by atoms with Gasteiger partial charge in [-0.25, -0.2) is 0 Å². The van der Waals surface area contributed by atoms with E-state index in [2.05, 4.69) is 0 Å². The number of rotatable bonds is 10. The van der Waals surface area contributed by atoms with Crippen molar-refractivity contribution < 1.29 is 18.9 Å². The molecule has 2 atom stereocenters. The van der Waals surface area contributed by atoms with E-state index in [1.165, 1.54) is 0 Å². The van der Waals surface area contributed by atoms with Crippen LogP contribution in [0.1, 0.15) is 19.3 Å². The molecule has 2 unspecified atom stereocenters. The fraction of sp³-hybridized carbons (Fsp3) is 1.00. The molecule has 0 bridgehead atoms. The molecule has 0 saturated carbocycles. The van der Waals surface area contributed by atoms with E-state index >= 15 is 0 Å². The number of hydrogen-bond donors (Lipinski definition) is 0. The third-order valence-electron chi connectivity index (χ3n) is 2.42.